The Kier molecular flexibility index (Phi) is 5.56. The van der Waals surface area contributed by atoms with Crippen molar-refractivity contribution in [2.24, 2.45) is 0 Å². The summed E-state index contributed by atoms with van der Waals surface area (Å²) in [6.07, 6.45) is 0. The van der Waals surface area contributed by atoms with E-state index in [4.69, 9.17) is 16.7 Å². The van der Waals surface area contributed by atoms with Gasteiger partial charge >= 0.3 is 0 Å². The summed E-state index contributed by atoms with van der Waals surface area (Å²) in [5.41, 5.74) is 1.15. The number of hydrogen-bond acceptors (Lipinski definition) is 1. The van der Waals surface area contributed by atoms with Crippen molar-refractivity contribution in [1.29, 1.82) is 0 Å². The van der Waals surface area contributed by atoms with Crippen molar-refractivity contribution < 1.29 is 5.11 Å². The van der Waals surface area contributed by atoms with Crippen LogP contribution in [0.3, 0.4) is 0 Å². The number of aromatic hydroxyl groups is 1. The Morgan fingerprint density at radius 2 is 1.77 bits per heavy atom. The van der Waals surface area contributed by atoms with Gasteiger partial charge in [0.2, 0.25) is 0 Å². The Morgan fingerprint density at radius 1 is 1.23 bits per heavy atom. The molecule has 0 saturated carbocycles. The van der Waals surface area contributed by atoms with E-state index in [1.165, 1.54) is 0 Å². The number of rotatable bonds is 1. The van der Waals surface area contributed by atoms with Gasteiger partial charge in [0, 0.05) is 0 Å². The van der Waals surface area contributed by atoms with Crippen molar-refractivity contribution in [2.75, 3.05) is 0 Å². The van der Waals surface area contributed by atoms with Gasteiger partial charge in [-0.1, -0.05) is 45.4 Å². The second-order valence-electron chi connectivity index (χ2n) is 2.87. The van der Waals surface area contributed by atoms with E-state index in [-0.39, 0.29) is 5.75 Å². The summed E-state index contributed by atoms with van der Waals surface area (Å²) in [4.78, 5) is 0. The van der Waals surface area contributed by atoms with E-state index >= 15 is 0 Å². The minimum Gasteiger partial charge on any atom is -0.506 e. The normalized spacial score (nSPS) is 9.38. The van der Waals surface area contributed by atoms with Crippen LogP contribution in [-0.2, 0) is 0 Å². The first-order chi connectivity index (χ1) is 6.11. The summed E-state index contributed by atoms with van der Waals surface area (Å²) >= 11 is 5.71. The number of phenolic OH excluding ortho intramolecular Hbond substituents is 1. The Balaban J connectivity index is 0.000000671. The van der Waals surface area contributed by atoms with Crippen LogP contribution in [0.5, 0.6) is 5.75 Å². The van der Waals surface area contributed by atoms with E-state index in [1.54, 1.807) is 12.1 Å². The molecule has 0 atom stereocenters. The maximum absolute atomic E-state index is 9.09. The molecular formula is C11H17ClO. The Bertz CT molecular complexity index is 256. The fraction of sp³-hybridized carbons (Fsp3) is 0.455. The second-order valence-corrected chi connectivity index (χ2v) is 3.27. The van der Waals surface area contributed by atoms with E-state index in [0.717, 1.165) is 5.56 Å². The lowest BCUT2D eigenvalue weighted by Gasteiger charge is -2.05. The third-order valence-corrected chi connectivity index (χ3v) is 1.94. The first-order valence-electron chi connectivity index (χ1n) is 4.59. The molecule has 0 heterocycles. The topological polar surface area (TPSA) is 20.2 Å². The molecule has 0 aromatic heterocycles. The van der Waals surface area contributed by atoms with Crippen LogP contribution in [0, 0.1) is 0 Å². The Labute approximate surface area is 85.4 Å². The summed E-state index contributed by atoms with van der Waals surface area (Å²) in [6, 6.07) is 5.30. The van der Waals surface area contributed by atoms with Gasteiger partial charge in [-0.05, 0) is 23.6 Å². The zero-order chi connectivity index (χ0) is 10.4. The second kappa shape index (κ2) is 5.87. The van der Waals surface area contributed by atoms with Crippen LogP contribution >= 0.6 is 11.6 Å². The van der Waals surface area contributed by atoms with Gasteiger partial charge in [0.1, 0.15) is 5.75 Å². The van der Waals surface area contributed by atoms with Crippen LogP contribution in [0.2, 0.25) is 5.02 Å². The van der Waals surface area contributed by atoms with Crippen LogP contribution in [0.4, 0.5) is 0 Å². The van der Waals surface area contributed by atoms with Crippen molar-refractivity contribution in [2.45, 2.75) is 33.6 Å². The maximum atomic E-state index is 9.09. The monoisotopic (exact) mass is 200 g/mol. The third-order valence-electron chi connectivity index (χ3n) is 1.64. The van der Waals surface area contributed by atoms with Gasteiger partial charge in [-0.3, -0.25) is 0 Å². The lowest BCUT2D eigenvalue weighted by atomic mass is 10.0. The van der Waals surface area contributed by atoms with E-state index < -0.39 is 0 Å². The Hall–Kier alpha value is -0.690. The highest BCUT2D eigenvalue weighted by molar-refractivity contribution is 6.32. The molecule has 0 aliphatic heterocycles. The largest absolute Gasteiger partial charge is 0.506 e. The van der Waals surface area contributed by atoms with E-state index in [9.17, 15) is 0 Å². The lowest BCUT2D eigenvalue weighted by molar-refractivity contribution is 0.475. The van der Waals surface area contributed by atoms with Crippen LogP contribution in [0.15, 0.2) is 18.2 Å². The average Bonchev–Trinajstić information content (AvgIpc) is 2.13. The summed E-state index contributed by atoms with van der Waals surface area (Å²) in [7, 11) is 0. The molecule has 13 heavy (non-hydrogen) atoms. The first kappa shape index (κ1) is 12.3. The lowest BCUT2D eigenvalue weighted by Crippen LogP contribution is -1.85. The zero-order valence-corrected chi connectivity index (χ0v) is 9.39. The fourth-order valence-electron chi connectivity index (χ4n) is 0.882. The van der Waals surface area contributed by atoms with Gasteiger partial charge in [-0.25, -0.2) is 0 Å². The van der Waals surface area contributed by atoms with Crippen molar-refractivity contribution in [3.63, 3.8) is 0 Å². The molecule has 1 aromatic carbocycles. The molecule has 0 fully saturated rings. The van der Waals surface area contributed by atoms with Crippen molar-refractivity contribution in [3.8, 4) is 5.75 Å². The minimum absolute atomic E-state index is 0.149. The van der Waals surface area contributed by atoms with Crippen molar-refractivity contribution >= 4 is 11.6 Å². The fourth-order valence-corrected chi connectivity index (χ4v) is 1.07. The molecule has 0 radical (unpaired) electrons. The number of benzene rings is 1. The van der Waals surface area contributed by atoms with E-state index in [2.05, 4.69) is 13.8 Å². The van der Waals surface area contributed by atoms with Gasteiger partial charge in [-0.15, -0.1) is 0 Å². The molecule has 1 N–H and O–H groups in total. The molecule has 0 aliphatic carbocycles. The van der Waals surface area contributed by atoms with Crippen LogP contribution in [-0.4, -0.2) is 5.11 Å². The number of hydrogen-bond donors (Lipinski definition) is 1. The summed E-state index contributed by atoms with van der Waals surface area (Å²) < 4.78 is 0. The van der Waals surface area contributed by atoms with Crippen molar-refractivity contribution in [1.82, 2.24) is 0 Å². The standard InChI is InChI=1S/C9H11ClO.C2H6/c1-6(2)7-3-4-9(11)8(10)5-7;1-2/h3-6,11H,1-2H3;1-2H3. The Morgan fingerprint density at radius 3 is 2.15 bits per heavy atom. The molecule has 0 saturated heterocycles. The van der Waals surface area contributed by atoms with Gasteiger partial charge in [0.15, 0.2) is 0 Å². The molecule has 0 unspecified atom stereocenters. The van der Waals surface area contributed by atoms with Gasteiger partial charge in [0.25, 0.3) is 0 Å². The van der Waals surface area contributed by atoms with Gasteiger partial charge in [-0.2, -0.15) is 0 Å². The highest BCUT2D eigenvalue weighted by Gasteiger charge is 2.02. The zero-order valence-electron chi connectivity index (χ0n) is 8.63. The van der Waals surface area contributed by atoms with Crippen LogP contribution < -0.4 is 0 Å². The van der Waals surface area contributed by atoms with Gasteiger partial charge in [0.05, 0.1) is 5.02 Å². The van der Waals surface area contributed by atoms with Crippen molar-refractivity contribution in [3.05, 3.63) is 28.8 Å². The molecule has 74 valence electrons. The molecule has 0 bridgehead atoms. The van der Waals surface area contributed by atoms with Crippen LogP contribution in [0.1, 0.15) is 39.2 Å². The third kappa shape index (κ3) is 3.69. The summed E-state index contributed by atoms with van der Waals surface area (Å²) in [5, 5.41) is 9.52. The van der Waals surface area contributed by atoms with Crippen LogP contribution in [0.25, 0.3) is 0 Å². The quantitative estimate of drug-likeness (QED) is 0.721. The highest BCUT2D eigenvalue weighted by atomic mass is 35.5. The molecule has 2 heteroatoms. The summed E-state index contributed by atoms with van der Waals surface area (Å²) in [6.45, 7) is 8.17. The van der Waals surface area contributed by atoms with E-state index in [1.807, 2.05) is 19.9 Å². The molecule has 1 nitrogen and oxygen atoms in total. The predicted molar refractivity (Wildman–Crippen MR) is 58.6 cm³/mol. The van der Waals surface area contributed by atoms with E-state index in [0.29, 0.717) is 10.9 Å². The maximum Gasteiger partial charge on any atom is 0.134 e. The molecule has 0 amide bonds. The molecule has 1 aromatic rings. The highest BCUT2D eigenvalue weighted by Crippen LogP contribution is 2.26. The number of phenols is 1. The summed E-state index contributed by atoms with van der Waals surface area (Å²) in [5.74, 6) is 0.601. The minimum atomic E-state index is 0.149. The molecular weight excluding hydrogens is 184 g/mol. The molecule has 0 spiro atoms. The molecule has 0 aliphatic rings. The SMILES string of the molecule is CC.CC(C)c1ccc(O)c(Cl)c1. The smallest absolute Gasteiger partial charge is 0.134 e. The molecule has 1 rings (SSSR count). The number of halogens is 1. The first-order valence-corrected chi connectivity index (χ1v) is 4.97. The average molecular weight is 201 g/mol. The predicted octanol–water partition coefficient (Wildman–Crippen LogP) is 4.20. The van der Waals surface area contributed by atoms with Gasteiger partial charge < -0.3 is 5.11 Å².